The highest BCUT2D eigenvalue weighted by Crippen LogP contribution is 2.33. The third kappa shape index (κ3) is 3.75. The smallest absolute Gasteiger partial charge is 0.288 e. The summed E-state index contributed by atoms with van der Waals surface area (Å²) in [7, 11) is 0. The van der Waals surface area contributed by atoms with Gasteiger partial charge in [-0.1, -0.05) is 66.2 Å². The Bertz CT molecular complexity index is 1150. The topological polar surface area (TPSA) is 85.0 Å². The van der Waals surface area contributed by atoms with Crippen LogP contribution in [0.2, 0.25) is 5.02 Å². The second kappa shape index (κ2) is 7.96. The van der Waals surface area contributed by atoms with Gasteiger partial charge in [-0.2, -0.15) is 5.01 Å². The van der Waals surface area contributed by atoms with Gasteiger partial charge in [-0.3, -0.25) is 14.9 Å². The molecule has 30 heavy (non-hydrogen) atoms. The van der Waals surface area contributed by atoms with Gasteiger partial charge < -0.3 is 4.74 Å². The highest BCUT2D eigenvalue weighted by atomic mass is 35.5. The molecular weight excluding hydrogens is 406 g/mol. The molecular formula is C22H16ClN3O4. The Morgan fingerprint density at radius 1 is 1.03 bits per heavy atom. The van der Waals surface area contributed by atoms with E-state index in [2.05, 4.69) is 5.10 Å². The highest BCUT2D eigenvalue weighted by Gasteiger charge is 2.33. The van der Waals surface area contributed by atoms with Crippen LogP contribution in [-0.2, 0) is 9.53 Å². The van der Waals surface area contributed by atoms with Crippen molar-refractivity contribution < 1.29 is 14.5 Å². The fourth-order valence-corrected chi connectivity index (χ4v) is 3.34. The Balaban J connectivity index is 1.64. The van der Waals surface area contributed by atoms with Crippen molar-refractivity contribution in [3.8, 4) is 11.1 Å². The number of halogens is 1. The Morgan fingerprint density at radius 2 is 1.67 bits per heavy atom. The Morgan fingerprint density at radius 3 is 2.30 bits per heavy atom. The van der Waals surface area contributed by atoms with Crippen LogP contribution in [0.15, 0.2) is 77.9 Å². The van der Waals surface area contributed by atoms with Gasteiger partial charge >= 0.3 is 0 Å². The van der Waals surface area contributed by atoms with Gasteiger partial charge in [0.1, 0.15) is 5.02 Å². The number of nitro groups is 1. The molecule has 8 heteroatoms. The zero-order chi connectivity index (χ0) is 21.3. The second-order valence-corrected chi connectivity index (χ2v) is 7.06. The van der Waals surface area contributed by atoms with E-state index in [4.69, 9.17) is 16.3 Å². The number of nitro benzene ring substituents is 1. The van der Waals surface area contributed by atoms with E-state index >= 15 is 0 Å². The summed E-state index contributed by atoms with van der Waals surface area (Å²) < 4.78 is 5.92. The maximum atomic E-state index is 12.1. The molecule has 4 rings (SSSR count). The lowest BCUT2D eigenvalue weighted by Gasteiger charge is -2.19. The van der Waals surface area contributed by atoms with E-state index < -0.39 is 11.2 Å². The van der Waals surface area contributed by atoms with Crippen LogP contribution in [0.1, 0.15) is 24.3 Å². The molecule has 3 aromatic carbocycles. The van der Waals surface area contributed by atoms with Crippen LogP contribution in [-0.4, -0.2) is 21.7 Å². The number of hydrogen-bond donors (Lipinski definition) is 0. The van der Waals surface area contributed by atoms with Crippen molar-refractivity contribution in [2.45, 2.75) is 13.2 Å². The first-order valence-corrected chi connectivity index (χ1v) is 9.46. The number of amides is 1. The second-order valence-electron chi connectivity index (χ2n) is 6.65. The Kier molecular flexibility index (Phi) is 5.20. The largest absolute Gasteiger partial charge is 0.446 e. The maximum Gasteiger partial charge on any atom is 0.288 e. The number of carbonyl (C=O) groups excluding carboxylic acids is 1. The average molecular weight is 422 g/mol. The number of carbonyl (C=O) groups is 1. The molecule has 0 N–H and O–H groups in total. The number of benzene rings is 3. The maximum absolute atomic E-state index is 12.1. The molecule has 1 amide bonds. The van der Waals surface area contributed by atoms with Gasteiger partial charge in [0.25, 0.3) is 5.69 Å². The van der Waals surface area contributed by atoms with Crippen LogP contribution in [0.3, 0.4) is 0 Å². The van der Waals surface area contributed by atoms with Crippen molar-refractivity contribution >= 4 is 29.1 Å². The normalized spacial score (nSPS) is 15.5. The molecule has 0 fully saturated rings. The molecule has 1 unspecified atom stereocenters. The summed E-state index contributed by atoms with van der Waals surface area (Å²) in [6.45, 7) is 1.38. The molecule has 1 atom stereocenters. The fourth-order valence-electron chi connectivity index (χ4n) is 3.16. The fraction of sp³-hybridized carbons (Fsp3) is 0.0909. The molecule has 0 spiro atoms. The molecule has 0 aromatic heterocycles. The van der Waals surface area contributed by atoms with Gasteiger partial charge in [-0.15, -0.1) is 5.10 Å². The van der Waals surface area contributed by atoms with E-state index in [1.165, 1.54) is 24.1 Å². The van der Waals surface area contributed by atoms with Gasteiger partial charge in [0, 0.05) is 24.1 Å². The molecule has 0 aliphatic carbocycles. The first-order chi connectivity index (χ1) is 14.4. The molecule has 3 aromatic rings. The molecule has 1 heterocycles. The van der Waals surface area contributed by atoms with E-state index in [9.17, 15) is 14.9 Å². The lowest BCUT2D eigenvalue weighted by atomic mass is 10.0. The van der Waals surface area contributed by atoms with Crippen LogP contribution in [0.4, 0.5) is 5.69 Å². The van der Waals surface area contributed by atoms with Crippen molar-refractivity contribution in [2.75, 3.05) is 0 Å². The van der Waals surface area contributed by atoms with Gasteiger partial charge in [0.15, 0.2) is 0 Å². The zero-order valence-electron chi connectivity index (χ0n) is 15.9. The van der Waals surface area contributed by atoms with Crippen LogP contribution in [0, 0.1) is 10.1 Å². The van der Waals surface area contributed by atoms with Crippen LogP contribution in [0.5, 0.6) is 0 Å². The van der Waals surface area contributed by atoms with Crippen LogP contribution in [0.25, 0.3) is 11.1 Å². The molecule has 0 saturated carbocycles. The molecule has 0 radical (unpaired) electrons. The summed E-state index contributed by atoms with van der Waals surface area (Å²) in [6, 6.07) is 21.8. The Labute approximate surface area is 177 Å². The zero-order valence-corrected chi connectivity index (χ0v) is 16.6. The predicted octanol–water partition coefficient (Wildman–Crippen LogP) is 5.15. The quantitative estimate of drug-likeness (QED) is 0.430. The van der Waals surface area contributed by atoms with Crippen molar-refractivity contribution in [3.05, 3.63) is 99.1 Å². The predicted molar refractivity (Wildman–Crippen MR) is 113 cm³/mol. The number of hydrazone groups is 1. The van der Waals surface area contributed by atoms with Crippen molar-refractivity contribution in [1.29, 1.82) is 0 Å². The van der Waals surface area contributed by atoms with Gasteiger partial charge in [-0.05, 0) is 23.3 Å². The molecule has 0 saturated heterocycles. The SMILES string of the molecule is CC(=O)N1N=C(c2ccc(Cl)c([N+](=O)[O-])c2)OC1c1ccc(-c2ccccc2)cc1. The highest BCUT2D eigenvalue weighted by molar-refractivity contribution is 6.32. The van der Waals surface area contributed by atoms with Crippen molar-refractivity contribution in [3.63, 3.8) is 0 Å². The molecule has 0 bridgehead atoms. The Hall–Kier alpha value is -3.71. The van der Waals surface area contributed by atoms with Gasteiger partial charge in [0.2, 0.25) is 18.0 Å². The standard InChI is InChI=1S/C22H16ClN3O4/c1-14(27)25-22(17-9-7-16(8-10-17)15-5-3-2-4-6-15)30-21(24-25)18-11-12-19(23)20(13-18)26(28)29/h2-13,22H,1H3. The lowest BCUT2D eigenvalue weighted by Crippen LogP contribution is -2.25. The third-order valence-corrected chi connectivity index (χ3v) is 4.98. The summed E-state index contributed by atoms with van der Waals surface area (Å²) in [5, 5.41) is 16.6. The minimum absolute atomic E-state index is 0.0128. The summed E-state index contributed by atoms with van der Waals surface area (Å²) in [6.07, 6.45) is -0.767. The number of nitrogens with zero attached hydrogens (tertiary/aromatic N) is 3. The average Bonchev–Trinajstić information content (AvgIpc) is 3.20. The van der Waals surface area contributed by atoms with Crippen molar-refractivity contribution in [1.82, 2.24) is 5.01 Å². The van der Waals surface area contributed by atoms with E-state index in [1.54, 1.807) is 6.07 Å². The first kappa shape index (κ1) is 19.6. The minimum atomic E-state index is -0.767. The lowest BCUT2D eigenvalue weighted by molar-refractivity contribution is -0.384. The van der Waals surface area contributed by atoms with Crippen LogP contribution < -0.4 is 0 Å². The first-order valence-electron chi connectivity index (χ1n) is 9.09. The van der Waals surface area contributed by atoms with Crippen molar-refractivity contribution in [2.24, 2.45) is 5.10 Å². The van der Waals surface area contributed by atoms with E-state index in [0.29, 0.717) is 5.56 Å². The summed E-state index contributed by atoms with van der Waals surface area (Å²) in [4.78, 5) is 22.7. The van der Waals surface area contributed by atoms with Gasteiger partial charge in [0.05, 0.1) is 4.92 Å². The minimum Gasteiger partial charge on any atom is -0.446 e. The summed E-state index contributed by atoms with van der Waals surface area (Å²) >= 11 is 5.88. The van der Waals surface area contributed by atoms with E-state index in [0.717, 1.165) is 16.7 Å². The van der Waals surface area contributed by atoms with Gasteiger partial charge in [-0.25, -0.2) is 0 Å². The monoisotopic (exact) mass is 421 g/mol. The molecule has 1 aliphatic rings. The molecule has 150 valence electrons. The van der Waals surface area contributed by atoms with Crippen LogP contribution >= 0.6 is 11.6 Å². The number of ether oxygens (including phenoxy) is 1. The number of hydrogen-bond acceptors (Lipinski definition) is 5. The molecule has 1 aliphatic heterocycles. The van der Waals surface area contributed by atoms with E-state index in [-0.39, 0.29) is 22.5 Å². The summed E-state index contributed by atoms with van der Waals surface area (Å²) in [5.41, 5.74) is 2.93. The third-order valence-electron chi connectivity index (χ3n) is 4.66. The molecule has 7 nitrogen and oxygen atoms in total. The van der Waals surface area contributed by atoms with E-state index in [1.807, 2.05) is 54.6 Å². The summed E-state index contributed by atoms with van der Waals surface area (Å²) in [5.74, 6) is -0.201. The number of rotatable bonds is 4.